The van der Waals surface area contributed by atoms with Gasteiger partial charge in [-0.15, -0.1) is 0 Å². The van der Waals surface area contributed by atoms with Crippen molar-refractivity contribution in [2.24, 2.45) is 0 Å². The molecule has 0 fully saturated rings. The van der Waals surface area contributed by atoms with Crippen molar-refractivity contribution in [1.82, 2.24) is 0 Å². The number of hydrogen-bond acceptors (Lipinski definition) is 2. The van der Waals surface area contributed by atoms with Crippen LogP contribution in [0.1, 0.15) is 22.5 Å². The third kappa shape index (κ3) is 2.38. The van der Waals surface area contributed by atoms with E-state index >= 15 is 0 Å². The molecule has 0 aliphatic carbocycles. The Morgan fingerprint density at radius 2 is 1.64 bits per heavy atom. The fourth-order valence-corrected chi connectivity index (χ4v) is 4.22. The highest BCUT2D eigenvalue weighted by atomic mass is 35.5. The lowest BCUT2D eigenvalue weighted by Crippen LogP contribution is -1.95. The van der Waals surface area contributed by atoms with Crippen LogP contribution in [-0.4, -0.2) is 4.21 Å². The van der Waals surface area contributed by atoms with E-state index in [0.717, 1.165) is 31.9 Å². The van der Waals surface area contributed by atoms with Gasteiger partial charge in [-0.25, -0.2) is 4.21 Å². The summed E-state index contributed by atoms with van der Waals surface area (Å²) in [6.45, 7) is 8.01. The third-order valence-corrected chi connectivity index (χ3v) is 5.82. The lowest BCUT2D eigenvalue weighted by molar-refractivity contribution is 0.564. The summed E-state index contributed by atoms with van der Waals surface area (Å²) in [5, 5.41) is 1.60. The molecule has 2 aromatic carbocycles. The van der Waals surface area contributed by atoms with Gasteiger partial charge in [-0.1, -0.05) is 17.7 Å². The molecule has 0 aliphatic heterocycles. The molecule has 22 heavy (non-hydrogen) atoms. The summed E-state index contributed by atoms with van der Waals surface area (Å²) in [4.78, 5) is 1.49. The van der Waals surface area contributed by atoms with Crippen molar-refractivity contribution in [3.63, 3.8) is 0 Å². The molecule has 2 nitrogen and oxygen atoms in total. The van der Waals surface area contributed by atoms with Crippen LogP contribution in [0, 0.1) is 27.7 Å². The normalized spacial score (nSPS) is 12.8. The number of furan rings is 1. The Bertz CT molecular complexity index is 892. The number of rotatable bonds is 2. The molecule has 1 atom stereocenters. The highest BCUT2D eigenvalue weighted by Crippen LogP contribution is 2.36. The first-order valence-corrected chi connectivity index (χ1v) is 8.60. The Morgan fingerprint density at radius 1 is 1.00 bits per heavy atom. The number of halogens is 1. The number of fused-ring (bicyclic) bond motifs is 1. The molecule has 0 radical (unpaired) electrons. The maximum absolute atomic E-state index is 13.0. The highest BCUT2D eigenvalue weighted by Gasteiger charge is 2.22. The van der Waals surface area contributed by atoms with E-state index in [4.69, 9.17) is 16.0 Å². The van der Waals surface area contributed by atoms with Crippen molar-refractivity contribution < 1.29 is 8.63 Å². The average molecular weight is 333 g/mol. The van der Waals surface area contributed by atoms with Crippen molar-refractivity contribution in [1.29, 1.82) is 0 Å². The predicted octanol–water partition coefficient (Wildman–Crippen LogP) is 5.49. The smallest absolute Gasteiger partial charge is 0.138 e. The number of aryl methyl sites for hydroxylation is 4. The van der Waals surface area contributed by atoms with Gasteiger partial charge < -0.3 is 4.42 Å². The van der Waals surface area contributed by atoms with Crippen LogP contribution < -0.4 is 0 Å². The second-order valence-electron chi connectivity index (χ2n) is 5.55. The van der Waals surface area contributed by atoms with Crippen LogP contribution in [-0.2, 0) is 10.8 Å². The molecule has 4 heteroatoms. The van der Waals surface area contributed by atoms with Crippen molar-refractivity contribution >= 4 is 33.4 Å². The van der Waals surface area contributed by atoms with E-state index in [1.165, 1.54) is 5.56 Å². The van der Waals surface area contributed by atoms with E-state index in [1.807, 2.05) is 20.8 Å². The van der Waals surface area contributed by atoms with Gasteiger partial charge in [-0.05, 0) is 68.7 Å². The summed E-state index contributed by atoms with van der Waals surface area (Å²) >= 11 is 5.91. The average Bonchev–Trinajstić information content (AvgIpc) is 2.83. The van der Waals surface area contributed by atoms with E-state index in [9.17, 15) is 4.21 Å². The molecule has 0 saturated carbocycles. The standard InChI is InChI=1S/C18H17ClO2S/c1-10-9-11(2)16-17(12(10)3)21-13(4)18(16)22(20)15-7-5-14(19)6-8-15/h5-9H,1-4H3/t22-/m0/s1. The fourth-order valence-electron chi connectivity index (χ4n) is 2.74. The maximum atomic E-state index is 13.0. The maximum Gasteiger partial charge on any atom is 0.138 e. The Morgan fingerprint density at radius 3 is 2.27 bits per heavy atom. The number of hydrogen-bond donors (Lipinski definition) is 0. The molecular formula is C18H17ClO2S. The molecule has 0 N–H and O–H groups in total. The fraction of sp³-hybridized carbons (Fsp3) is 0.222. The molecule has 0 spiro atoms. The van der Waals surface area contributed by atoms with Gasteiger partial charge in [-0.3, -0.25) is 0 Å². The molecule has 0 aliphatic rings. The van der Waals surface area contributed by atoms with E-state index in [-0.39, 0.29) is 0 Å². The molecule has 1 heterocycles. The minimum absolute atomic E-state index is 0.636. The largest absolute Gasteiger partial charge is 0.460 e. The van der Waals surface area contributed by atoms with Gasteiger partial charge in [-0.2, -0.15) is 0 Å². The molecule has 0 bridgehead atoms. The molecule has 3 aromatic rings. The molecular weight excluding hydrogens is 316 g/mol. The SMILES string of the molecule is Cc1cc(C)c2c([S@@](=O)c3ccc(Cl)cc3)c(C)oc2c1C. The molecule has 3 rings (SSSR count). The zero-order chi connectivity index (χ0) is 16.0. The van der Waals surface area contributed by atoms with Crippen LogP contribution in [0.3, 0.4) is 0 Å². The number of benzene rings is 2. The zero-order valence-corrected chi connectivity index (χ0v) is 14.6. The lowest BCUT2D eigenvalue weighted by atomic mass is 10.0. The Kier molecular flexibility index (Phi) is 3.87. The van der Waals surface area contributed by atoms with Crippen molar-refractivity contribution in [3.8, 4) is 0 Å². The second-order valence-corrected chi connectivity index (χ2v) is 7.40. The van der Waals surface area contributed by atoms with Crippen molar-refractivity contribution in [2.45, 2.75) is 37.5 Å². The van der Waals surface area contributed by atoms with Gasteiger partial charge in [0.25, 0.3) is 0 Å². The Labute approximate surface area is 137 Å². The van der Waals surface area contributed by atoms with Crippen LogP contribution in [0.25, 0.3) is 11.0 Å². The molecule has 1 aromatic heterocycles. The topological polar surface area (TPSA) is 30.2 Å². The van der Waals surface area contributed by atoms with Gasteiger partial charge in [0.05, 0.1) is 15.7 Å². The van der Waals surface area contributed by atoms with Crippen LogP contribution in [0.5, 0.6) is 0 Å². The summed E-state index contributed by atoms with van der Waals surface area (Å²) in [6.07, 6.45) is 0. The Hall–Kier alpha value is -1.58. The van der Waals surface area contributed by atoms with E-state index in [0.29, 0.717) is 10.8 Å². The second kappa shape index (κ2) is 5.56. The first-order chi connectivity index (χ1) is 10.4. The van der Waals surface area contributed by atoms with Gasteiger partial charge >= 0.3 is 0 Å². The highest BCUT2D eigenvalue weighted by molar-refractivity contribution is 7.85. The summed E-state index contributed by atoms with van der Waals surface area (Å²) in [6, 6.07) is 9.23. The molecule has 0 saturated heterocycles. The lowest BCUT2D eigenvalue weighted by Gasteiger charge is -2.06. The van der Waals surface area contributed by atoms with Crippen LogP contribution >= 0.6 is 11.6 Å². The van der Waals surface area contributed by atoms with Crippen molar-refractivity contribution in [3.05, 3.63) is 57.8 Å². The van der Waals surface area contributed by atoms with Gasteiger partial charge in [0.15, 0.2) is 0 Å². The molecule has 114 valence electrons. The predicted molar refractivity (Wildman–Crippen MR) is 91.3 cm³/mol. The summed E-state index contributed by atoms with van der Waals surface area (Å²) in [5.74, 6) is 0.708. The first kappa shape index (κ1) is 15.3. The molecule has 0 amide bonds. The zero-order valence-electron chi connectivity index (χ0n) is 13.0. The van der Waals surface area contributed by atoms with E-state index in [2.05, 4.69) is 13.0 Å². The van der Waals surface area contributed by atoms with Crippen molar-refractivity contribution in [2.75, 3.05) is 0 Å². The minimum Gasteiger partial charge on any atom is -0.460 e. The summed E-state index contributed by atoms with van der Waals surface area (Å²) < 4.78 is 18.9. The minimum atomic E-state index is -1.29. The van der Waals surface area contributed by atoms with Gasteiger partial charge in [0.2, 0.25) is 0 Å². The first-order valence-electron chi connectivity index (χ1n) is 7.07. The van der Waals surface area contributed by atoms with Crippen LogP contribution in [0.15, 0.2) is 44.5 Å². The summed E-state index contributed by atoms with van der Waals surface area (Å²) in [5.41, 5.74) is 4.21. The monoisotopic (exact) mass is 332 g/mol. The summed E-state index contributed by atoms with van der Waals surface area (Å²) in [7, 11) is -1.29. The van der Waals surface area contributed by atoms with E-state index in [1.54, 1.807) is 24.3 Å². The molecule has 0 unspecified atom stereocenters. The Balaban J connectivity index is 2.27. The quantitative estimate of drug-likeness (QED) is 0.621. The van der Waals surface area contributed by atoms with Gasteiger partial charge in [0.1, 0.15) is 11.3 Å². The third-order valence-electron chi connectivity index (χ3n) is 4.00. The van der Waals surface area contributed by atoms with Crippen LogP contribution in [0.2, 0.25) is 5.02 Å². The van der Waals surface area contributed by atoms with Gasteiger partial charge in [0, 0.05) is 15.3 Å². The van der Waals surface area contributed by atoms with Crippen LogP contribution in [0.4, 0.5) is 0 Å². The van der Waals surface area contributed by atoms with E-state index < -0.39 is 10.8 Å².